The summed E-state index contributed by atoms with van der Waals surface area (Å²) in [7, 11) is 0. The molecule has 5 rings (SSSR count). The first-order chi connectivity index (χ1) is 24.3. The lowest BCUT2D eigenvalue weighted by Gasteiger charge is -2.16. The van der Waals surface area contributed by atoms with Crippen molar-refractivity contribution >= 4 is 35.2 Å². The van der Waals surface area contributed by atoms with E-state index in [9.17, 15) is 32.3 Å². The SMILES string of the molecule is NC(CC(=O)Cc1cccc(Oc2ccccc2)c1)=N[C@@H](Cc1ccccc1)C(=O)CCCN1C(=O)c2ccccc2C1=O.O=C(O)C(F)(F)F.[HH]. The predicted molar refractivity (Wildman–Crippen MR) is 184 cm³/mol. The van der Waals surface area contributed by atoms with Crippen LogP contribution in [0.2, 0.25) is 0 Å². The number of nitrogens with two attached hydrogens (primary N) is 1. The topological polar surface area (TPSA) is 156 Å². The third-order valence-electron chi connectivity index (χ3n) is 7.55. The van der Waals surface area contributed by atoms with Crippen molar-refractivity contribution in [2.24, 2.45) is 10.7 Å². The Bertz CT molecular complexity index is 1870. The summed E-state index contributed by atoms with van der Waals surface area (Å²) in [5.74, 6) is -2.36. The van der Waals surface area contributed by atoms with E-state index in [0.29, 0.717) is 35.5 Å². The summed E-state index contributed by atoms with van der Waals surface area (Å²) in [5, 5.41) is 7.12. The number of hydrogen-bond donors (Lipinski definition) is 2. The van der Waals surface area contributed by atoms with Crippen LogP contribution in [0.1, 0.15) is 52.5 Å². The summed E-state index contributed by atoms with van der Waals surface area (Å²) in [5.41, 5.74) is 8.66. The molecule has 0 fully saturated rings. The van der Waals surface area contributed by atoms with Crippen LogP contribution in [0.4, 0.5) is 13.2 Å². The van der Waals surface area contributed by atoms with E-state index in [-0.39, 0.29) is 56.5 Å². The minimum atomic E-state index is -5.08. The van der Waals surface area contributed by atoms with Crippen molar-refractivity contribution in [2.45, 2.75) is 44.3 Å². The number of imide groups is 1. The number of amides is 2. The number of carbonyl (C=O) groups is 5. The fraction of sp³-hybridized carbons (Fsp3) is 0.211. The predicted octanol–water partition coefficient (Wildman–Crippen LogP) is 6.47. The largest absolute Gasteiger partial charge is 0.490 e. The van der Waals surface area contributed by atoms with Gasteiger partial charge in [0.05, 0.1) is 17.5 Å². The molecule has 0 spiro atoms. The Kier molecular flexibility index (Phi) is 13.0. The molecule has 0 saturated carbocycles. The molecule has 4 aromatic carbocycles. The van der Waals surface area contributed by atoms with E-state index in [1.54, 1.807) is 24.3 Å². The lowest BCUT2D eigenvalue weighted by molar-refractivity contribution is -0.192. The number of ether oxygens (including phenoxy) is 1. The number of halogens is 3. The number of Topliss-reactive ketones (excluding diaryl/α,β-unsaturated/α-hetero) is 2. The number of carboxylic acid groups (broad SMARTS) is 1. The Morgan fingerprint density at radius 2 is 1.33 bits per heavy atom. The maximum atomic E-state index is 13.4. The normalized spacial score (nSPS) is 13.2. The molecule has 1 heterocycles. The first-order valence-corrected chi connectivity index (χ1v) is 15.8. The first-order valence-electron chi connectivity index (χ1n) is 15.8. The maximum absolute atomic E-state index is 13.4. The van der Waals surface area contributed by atoms with Gasteiger partial charge in [0, 0.05) is 27.2 Å². The molecule has 0 unspecified atom stereocenters. The van der Waals surface area contributed by atoms with E-state index in [1.807, 2.05) is 84.9 Å². The van der Waals surface area contributed by atoms with Gasteiger partial charge >= 0.3 is 12.1 Å². The molecule has 4 aromatic rings. The summed E-state index contributed by atoms with van der Waals surface area (Å²) >= 11 is 0. The number of benzene rings is 4. The van der Waals surface area contributed by atoms with Gasteiger partial charge in [0.15, 0.2) is 5.78 Å². The van der Waals surface area contributed by atoms with E-state index < -0.39 is 18.2 Å². The molecule has 266 valence electrons. The standard InChI is InChI=1S/C36H33N3O5.C2HF3O2.H2/c37-34(24-27(40)21-26-13-9-16-29(22-26)44-28-14-5-2-6-15-28)38-32(23-25-11-3-1-4-12-25)33(41)19-10-20-39-35(42)30-17-7-8-18-31(30)36(39)43;3-2(4,5)1(6)7;/h1-9,11-18,22,32H,10,19-21,23-24H2,(H2,37,38);(H,6,7);1H/t32-;;/m0../s1. The number of rotatable bonds is 14. The zero-order valence-electron chi connectivity index (χ0n) is 27.2. The lowest BCUT2D eigenvalue weighted by Crippen LogP contribution is -2.32. The van der Waals surface area contributed by atoms with Crippen LogP contribution < -0.4 is 10.5 Å². The highest BCUT2D eigenvalue weighted by molar-refractivity contribution is 6.21. The number of alkyl halides is 3. The molecular weight excluding hydrogens is 667 g/mol. The van der Waals surface area contributed by atoms with Gasteiger partial charge in [-0.25, -0.2) is 4.79 Å². The van der Waals surface area contributed by atoms with Crippen molar-refractivity contribution < 1.29 is 48.4 Å². The number of aliphatic carboxylic acids is 1. The molecule has 1 aliphatic heterocycles. The van der Waals surface area contributed by atoms with Gasteiger partial charge in [0.2, 0.25) is 0 Å². The Hall–Kier alpha value is -6.11. The number of aliphatic imine (C=N–C) groups is 1. The second-order valence-electron chi connectivity index (χ2n) is 11.5. The Morgan fingerprint density at radius 1 is 0.804 bits per heavy atom. The van der Waals surface area contributed by atoms with Crippen molar-refractivity contribution in [2.75, 3.05) is 6.54 Å². The Labute approximate surface area is 292 Å². The fourth-order valence-electron chi connectivity index (χ4n) is 5.17. The summed E-state index contributed by atoms with van der Waals surface area (Å²) in [4.78, 5) is 66.2. The molecule has 1 atom stereocenters. The molecule has 0 saturated heterocycles. The molecule has 10 nitrogen and oxygen atoms in total. The van der Waals surface area contributed by atoms with Crippen molar-refractivity contribution in [3.8, 4) is 11.5 Å². The minimum Gasteiger partial charge on any atom is -0.475 e. The number of para-hydroxylation sites is 1. The number of carbonyl (C=O) groups excluding carboxylic acids is 4. The third-order valence-corrected chi connectivity index (χ3v) is 7.55. The fourth-order valence-corrected chi connectivity index (χ4v) is 5.17. The Morgan fingerprint density at radius 3 is 1.92 bits per heavy atom. The summed E-state index contributed by atoms with van der Waals surface area (Å²) in [6.07, 6.45) is -4.33. The zero-order chi connectivity index (χ0) is 37.0. The van der Waals surface area contributed by atoms with Crippen LogP contribution in [-0.4, -0.2) is 64.0 Å². The van der Waals surface area contributed by atoms with Crippen molar-refractivity contribution in [3.63, 3.8) is 0 Å². The molecule has 3 N–H and O–H groups in total. The van der Waals surface area contributed by atoms with E-state index in [1.165, 1.54) is 4.90 Å². The minimum absolute atomic E-state index is 0. The van der Waals surface area contributed by atoms with Crippen molar-refractivity contribution in [1.29, 1.82) is 0 Å². The van der Waals surface area contributed by atoms with Crippen LogP contribution in [0.15, 0.2) is 114 Å². The molecule has 13 heteroatoms. The first kappa shape index (κ1) is 37.7. The quantitative estimate of drug-likeness (QED) is 0.0860. The number of nitrogens with zero attached hydrogens (tertiary/aromatic N) is 2. The van der Waals surface area contributed by atoms with Crippen LogP contribution in [0.5, 0.6) is 11.5 Å². The van der Waals surface area contributed by atoms with Gasteiger partial charge < -0.3 is 15.6 Å². The lowest BCUT2D eigenvalue weighted by atomic mass is 9.99. The van der Waals surface area contributed by atoms with Crippen LogP contribution in [0, 0.1) is 0 Å². The van der Waals surface area contributed by atoms with Crippen molar-refractivity contribution in [1.82, 2.24) is 4.90 Å². The maximum Gasteiger partial charge on any atom is 0.490 e. The van der Waals surface area contributed by atoms with Gasteiger partial charge in [0.25, 0.3) is 11.8 Å². The van der Waals surface area contributed by atoms with Crippen LogP contribution in [-0.2, 0) is 27.2 Å². The highest BCUT2D eigenvalue weighted by Crippen LogP contribution is 2.24. The highest BCUT2D eigenvalue weighted by atomic mass is 19.4. The van der Waals surface area contributed by atoms with Crippen LogP contribution in [0.3, 0.4) is 0 Å². The number of ketones is 2. The molecular formula is C38H36F3N3O7. The second-order valence-corrected chi connectivity index (χ2v) is 11.5. The monoisotopic (exact) mass is 703 g/mol. The molecule has 0 aromatic heterocycles. The van der Waals surface area contributed by atoms with Gasteiger partial charge in [-0.1, -0.05) is 72.8 Å². The average Bonchev–Trinajstić information content (AvgIpc) is 3.33. The van der Waals surface area contributed by atoms with E-state index in [2.05, 4.69) is 4.99 Å². The summed E-state index contributed by atoms with van der Waals surface area (Å²) in [6.45, 7) is 0.126. The van der Waals surface area contributed by atoms with Crippen LogP contribution in [0.25, 0.3) is 0 Å². The molecule has 0 radical (unpaired) electrons. The van der Waals surface area contributed by atoms with E-state index >= 15 is 0 Å². The smallest absolute Gasteiger partial charge is 0.475 e. The number of carboxylic acids is 1. The molecule has 51 heavy (non-hydrogen) atoms. The zero-order valence-corrected chi connectivity index (χ0v) is 27.2. The number of fused-ring (bicyclic) bond motifs is 1. The molecule has 0 bridgehead atoms. The van der Waals surface area contributed by atoms with Gasteiger partial charge in [-0.05, 0) is 53.9 Å². The summed E-state index contributed by atoms with van der Waals surface area (Å²) in [6, 6.07) is 32.0. The Balaban J connectivity index is 0.000000828. The summed E-state index contributed by atoms with van der Waals surface area (Å²) < 4.78 is 37.6. The van der Waals surface area contributed by atoms with Gasteiger partial charge in [-0.15, -0.1) is 0 Å². The van der Waals surface area contributed by atoms with Crippen LogP contribution >= 0.6 is 0 Å². The number of amidine groups is 1. The molecule has 2 amide bonds. The van der Waals surface area contributed by atoms with Gasteiger partial charge in [-0.3, -0.25) is 29.1 Å². The van der Waals surface area contributed by atoms with Gasteiger partial charge in [0.1, 0.15) is 29.2 Å². The van der Waals surface area contributed by atoms with Crippen molar-refractivity contribution in [3.05, 3.63) is 131 Å². The third kappa shape index (κ3) is 11.2. The highest BCUT2D eigenvalue weighted by Gasteiger charge is 2.38. The second kappa shape index (κ2) is 17.5. The van der Waals surface area contributed by atoms with Gasteiger partial charge in [-0.2, -0.15) is 13.2 Å². The molecule has 0 aliphatic carbocycles. The molecule has 1 aliphatic rings. The van der Waals surface area contributed by atoms with E-state index in [0.717, 1.165) is 11.1 Å². The number of hydrogen-bond acceptors (Lipinski definition) is 7. The average molecular weight is 704 g/mol. The van der Waals surface area contributed by atoms with E-state index in [4.69, 9.17) is 20.4 Å².